The summed E-state index contributed by atoms with van der Waals surface area (Å²) in [6.07, 6.45) is 5.57. The molecule has 4 rings (SSSR count). The van der Waals surface area contributed by atoms with E-state index >= 15 is 0 Å². The summed E-state index contributed by atoms with van der Waals surface area (Å²) in [6.45, 7) is 5.47. The van der Waals surface area contributed by atoms with Crippen molar-refractivity contribution in [3.63, 3.8) is 0 Å². The van der Waals surface area contributed by atoms with E-state index in [0.29, 0.717) is 31.6 Å². The molecule has 6 heteroatoms. The van der Waals surface area contributed by atoms with E-state index in [1.807, 2.05) is 6.07 Å². The molecule has 3 aliphatic heterocycles. The number of fused-ring (bicyclic) bond motifs is 1. The number of ether oxygens (including phenoxy) is 1. The Bertz CT molecular complexity index is 527. The van der Waals surface area contributed by atoms with Crippen molar-refractivity contribution in [3.05, 3.63) is 24.2 Å². The molecule has 0 unspecified atom stereocenters. The van der Waals surface area contributed by atoms with Gasteiger partial charge in [0.25, 0.3) is 5.91 Å². The third kappa shape index (κ3) is 3.16. The van der Waals surface area contributed by atoms with Gasteiger partial charge in [-0.25, -0.2) is 5.06 Å². The van der Waals surface area contributed by atoms with Crippen molar-refractivity contribution in [3.8, 4) is 0 Å². The van der Waals surface area contributed by atoms with Crippen LogP contribution in [-0.2, 0) is 20.9 Å². The first-order chi connectivity index (χ1) is 11.3. The molecule has 4 heterocycles. The van der Waals surface area contributed by atoms with Crippen LogP contribution < -0.4 is 0 Å². The lowest BCUT2D eigenvalue weighted by molar-refractivity contribution is -0.207. The lowest BCUT2D eigenvalue weighted by atomic mass is 9.82. The zero-order valence-electron chi connectivity index (χ0n) is 13.4. The molecule has 0 bridgehead atoms. The molecule has 3 aliphatic rings. The molecule has 6 nitrogen and oxygen atoms in total. The topological polar surface area (TPSA) is 55.2 Å². The predicted molar refractivity (Wildman–Crippen MR) is 82.2 cm³/mol. The molecule has 0 saturated carbocycles. The summed E-state index contributed by atoms with van der Waals surface area (Å²) in [7, 11) is 0. The number of nitrogens with zero attached hydrogens (tertiary/aromatic N) is 2. The van der Waals surface area contributed by atoms with Gasteiger partial charge in [0.05, 0.1) is 38.3 Å². The Kier molecular flexibility index (Phi) is 4.37. The highest BCUT2D eigenvalue weighted by molar-refractivity contribution is 5.78. The van der Waals surface area contributed by atoms with Crippen LogP contribution in [0, 0.1) is 17.8 Å². The molecule has 126 valence electrons. The summed E-state index contributed by atoms with van der Waals surface area (Å²) < 4.78 is 10.9. The first-order valence-corrected chi connectivity index (χ1v) is 8.57. The fraction of sp³-hybridized carbons (Fsp3) is 0.706. The van der Waals surface area contributed by atoms with Crippen LogP contribution in [0.25, 0.3) is 0 Å². The first-order valence-electron chi connectivity index (χ1n) is 8.57. The largest absolute Gasteiger partial charge is 0.472 e. The van der Waals surface area contributed by atoms with Crippen LogP contribution >= 0.6 is 0 Å². The fourth-order valence-corrected chi connectivity index (χ4v) is 4.07. The van der Waals surface area contributed by atoms with Crippen LogP contribution in [0.5, 0.6) is 0 Å². The number of furan rings is 1. The zero-order chi connectivity index (χ0) is 15.6. The van der Waals surface area contributed by atoms with Gasteiger partial charge in [-0.1, -0.05) is 0 Å². The van der Waals surface area contributed by atoms with Crippen molar-refractivity contribution in [2.75, 3.05) is 39.5 Å². The third-order valence-corrected chi connectivity index (χ3v) is 5.27. The Balaban J connectivity index is 1.41. The van der Waals surface area contributed by atoms with Crippen molar-refractivity contribution in [2.45, 2.75) is 19.4 Å². The van der Waals surface area contributed by atoms with Gasteiger partial charge in [0.1, 0.15) is 0 Å². The summed E-state index contributed by atoms with van der Waals surface area (Å²) >= 11 is 0. The van der Waals surface area contributed by atoms with E-state index in [-0.39, 0.29) is 11.8 Å². The van der Waals surface area contributed by atoms with E-state index < -0.39 is 0 Å². The van der Waals surface area contributed by atoms with Crippen molar-refractivity contribution in [1.82, 2.24) is 9.96 Å². The maximum absolute atomic E-state index is 12.8. The second-order valence-corrected chi connectivity index (χ2v) is 6.87. The molecule has 1 aromatic rings. The molecule has 3 atom stereocenters. The van der Waals surface area contributed by atoms with Gasteiger partial charge in [0.15, 0.2) is 0 Å². The summed E-state index contributed by atoms with van der Waals surface area (Å²) in [6, 6.07) is 2.00. The Morgan fingerprint density at radius 1 is 1.26 bits per heavy atom. The number of likely N-dealkylation sites (tertiary alicyclic amines) is 1. The minimum Gasteiger partial charge on any atom is -0.472 e. The predicted octanol–water partition coefficient (Wildman–Crippen LogP) is 1.53. The number of hydrogen-bond donors (Lipinski definition) is 0. The smallest absolute Gasteiger partial charge is 0.251 e. The molecule has 1 aromatic heterocycles. The first kappa shape index (κ1) is 15.2. The quantitative estimate of drug-likeness (QED) is 0.845. The number of carbonyl (C=O) groups excluding carboxylic acids is 1. The molecule has 0 aliphatic carbocycles. The highest BCUT2D eigenvalue weighted by Crippen LogP contribution is 2.36. The maximum atomic E-state index is 12.8. The minimum absolute atomic E-state index is 0.0683. The molecule has 23 heavy (non-hydrogen) atoms. The van der Waals surface area contributed by atoms with Crippen LogP contribution in [0.4, 0.5) is 0 Å². The van der Waals surface area contributed by atoms with Gasteiger partial charge in [0, 0.05) is 31.7 Å². The van der Waals surface area contributed by atoms with E-state index in [4.69, 9.17) is 14.0 Å². The summed E-state index contributed by atoms with van der Waals surface area (Å²) in [5.74, 6) is 0.855. The molecule has 0 aromatic carbocycles. The number of hydrogen-bond acceptors (Lipinski definition) is 5. The molecule has 0 spiro atoms. The second-order valence-electron chi connectivity index (χ2n) is 6.87. The number of carbonyl (C=O) groups is 1. The van der Waals surface area contributed by atoms with Gasteiger partial charge in [-0.05, 0) is 30.7 Å². The molecule has 0 N–H and O–H groups in total. The average molecular weight is 320 g/mol. The molecular weight excluding hydrogens is 296 g/mol. The van der Waals surface area contributed by atoms with Crippen LogP contribution in [0.15, 0.2) is 23.0 Å². The monoisotopic (exact) mass is 320 g/mol. The van der Waals surface area contributed by atoms with Gasteiger partial charge in [-0.2, -0.15) is 0 Å². The Morgan fingerprint density at radius 2 is 2.22 bits per heavy atom. The number of hydroxylamine groups is 2. The Morgan fingerprint density at radius 3 is 3.00 bits per heavy atom. The Labute approximate surface area is 136 Å². The SMILES string of the molecule is O=C([C@H]1COC[C@H]2CN(Cc3ccoc3)C[C@H]21)N1CCCCO1. The molecule has 0 radical (unpaired) electrons. The van der Waals surface area contributed by atoms with Gasteiger partial charge in [-0.15, -0.1) is 0 Å². The van der Waals surface area contributed by atoms with Gasteiger partial charge in [-0.3, -0.25) is 14.5 Å². The molecule has 1 amide bonds. The minimum atomic E-state index is -0.0683. The number of amides is 1. The fourth-order valence-electron chi connectivity index (χ4n) is 4.07. The maximum Gasteiger partial charge on any atom is 0.251 e. The van der Waals surface area contributed by atoms with E-state index in [1.165, 1.54) is 5.56 Å². The van der Waals surface area contributed by atoms with Crippen molar-refractivity contribution in [1.29, 1.82) is 0 Å². The van der Waals surface area contributed by atoms with Crippen LogP contribution in [0.1, 0.15) is 18.4 Å². The summed E-state index contributed by atoms with van der Waals surface area (Å²) in [5, 5.41) is 1.58. The van der Waals surface area contributed by atoms with Crippen LogP contribution in [-0.4, -0.2) is 55.3 Å². The molecule has 3 fully saturated rings. The van der Waals surface area contributed by atoms with Gasteiger partial charge >= 0.3 is 0 Å². The van der Waals surface area contributed by atoms with E-state index in [9.17, 15) is 4.79 Å². The lowest BCUT2D eigenvalue weighted by Gasteiger charge is -2.36. The molecular formula is C17H24N2O4. The van der Waals surface area contributed by atoms with Crippen molar-refractivity contribution < 1.29 is 18.8 Å². The standard InChI is InChI=1S/C17H24N2O4/c20-17(19-4-1-2-5-23-19)16-12-22-11-14-8-18(9-15(14)16)7-13-3-6-21-10-13/h3,6,10,14-16H,1-2,4-5,7-9,11-12H2/t14-,15-,16+/m1/s1. The zero-order valence-corrected chi connectivity index (χ0v) is 13.4. The van der Waals surface area contributed by atoms with E-state index in [2.05, 4.69) is 4.90 Å². The highest BCUT2D eigenvalue weighted by Gasteiger charge is 2.45. The highest BCUT2D eigenvalue weighted by atomic mass is 16.7. The molecule has 3 saturated heterocycles. The van der Waals surface area contributed by atoms with Crippen LogP contribution in [0.2, 0.25) is 0 Å². The summed E-state index contributed by atoms with van der Waals surface area (Å²) in [4.78, 5) is 20.8. The van der Waals surface area contributed by atoms with Crippen molar-refractivity contribution in [2.24, 2.45) is 17.8 Å². The van der Waals surface area contributed by atoms with Crippen LogP contribution in [0.3, 0.4) is 0 Å². The van der Waals surface area contributed by atoms with Gasteiger partial charge in [0.2, 0.25) is 0 Å². The second kappa shape index (κ2) is 6.63. The average Bonchev–Trinajstić information content (AvgIpc) is 3.24. The normalized spacial score (nSPS) is 32.0. The Hall–Kier alpha value is -1.37. The lowest BCUT2D eigenvalue weighted by Crippen LogP contribution is -2.47. The van der Waals surface area contributed by atoms with E-state index in [1.54, 1.807) is 17.6 Å². The van der Waals surface area contributed by atoms with Crippen molar-refractivity contribution >= 4 is 5.91 Å². The number of rotatable bonds is 3. The van der Waals surface area contributed by atoms with Gasteiger partial charge < -0.3 is 9.15 Å². The summed E-state index contributed by atoms with van der Waals surface area (Å²) in [5.41, 5.74) is 1.19. The third-order valence-electron chi connectivity index (χ3n) is 5.27. The van der Waals surface area contributed by atoms with E-state index in [0.717, 1.165) is 39.1 Å².